The average molecular weight is 383 g/mol. The van der Waals surface area contributed by atoms with Crippen molar-refractivity contribution in [1.29, 1.82) is 0 Å². The van der Waals surface area contributed by atoms with Crippen molar-refractivity contribution in [2.75, 3.05) is 0 Å². The first-order valence-electron chi connectivity index (χ1n) is 9.34. The number of aromatic hydroxyl groups is 1. The van der Waals surface area contributed by atoms with Gasteiger partial charge in [-0.05, 0) is 55.0 Å². The minimum absolute atomic E-state index is 0.0707. The van der Waals surface area contributed by atoms with Crippen LogP contribution in [0.1, 0.15) is 27.3 Å². The van der Waals surface area contributed by atoms with Gasteiger partial charge in [-0.1, -0.05) is 42.5 Å². The molecular weight excluding hydrogens is 362 g/mol. The summed E-state index contributed by atoms with van der Waals surface area (Å²) in [4.78, 5) is 12.5. The molecule has 4 aromatic rings. The van der Waals surface area contributed by atoms with E-state index >= 15 is 0 Å². The number of carbonyl (C=O) groups is 1. The SMILES string of the molecule is Cc1cc(/C=N/NC(=O)c2cc3ccccc3cc2O)c(C)n1-c1ccccc1. The Morgan fingerprint density at radius 2 is 1.62 bits per heavy atom. The summed E-state index contributed by atoms with van der Waals surface area (Å²) in [5.41, 5.74) is 6.79. The van der Waals surface area contributed by atoms with E-state index in [1.807, 2.05) is 74.5 Å². The molecule has 29 heavy (non-hydrogen) atoms. The Morgan fingerprint density at radius 1 is 0.966 bits per heavy atom. The van der Waals surface area contributed by atoms with Gasteiger partial charge in [-0.25, -0.2) is 5.43 Å². The second kappa shape index (κ2) is 7.64. The lowest BCUT2D eigenvalue weighted by atomic mass is 10.1. The van der Waals surface area contributed by atoms with E-state index in [1.54, 1.807) is 18.3 Å². The Kier molecular flexibility index (Phi) is 4.87. The van der Waals surface area contributed by atoms with E-state index in [4.69, 9.17) is 0 Å². The number of rotatable bonds is 4. The molecule has 4 rings (SSSR count). The summed E-state index contributed by atoms with van der Waals surface area (Å²) in [6.45, 7) is 4.04. The summed E-state index contributed by atoms with van der Waals surface area (Å²) in [5, 5.41) is 16.0. The van der Waals surface area contributed by atoms with E-state index in [0.717, 1.165) is 33.4 Å². The molecule has 5 nitrogen and oxygen atoms in total. The van der Waals surface area contributed by atoms with Gasteiger partial charge < -0.3 is 9.67 Å². The predicted molar refractivity (Wildman–Crippen MR) is 116 cm³/mol. The number of fused-ring (bicyclic) bond motifs is 1. The quantitative estimate of drug-likeness (QED) is 0.396. The van der Waals surface area contributed by atoms with Crippen molar-refractivity contribution in [1.82, 2.24) is 9.99 Å². The Labute approximate surface area is 168 Å². The van der Waals surface area contributed by atoms with Crippen LogP contribution in [-0.4, -0.2) is 21.8 Å². The van der Waals surface area contributed by atoms with E-state index in [1.165, 1.54) is 0 Å². The topological polar surface area (TPSA) is 66.6 Å². The second-order valence-electron chi connectivity index (χ2n) is 6.91. The van der Waals surface area contributed by atoms with Crippen molar-refractivity contribution in [3.05, 3.63) is 95.3 Å². The van der Waals surface area contributed by atoms with E-state index in [9.17, 15) is 9.90 Å². The zero-order chi connectivity index (χ0) is 20.4. The van der Waals surface area contributed by atoms with Gasteiger partial charge in [0.15, 0.2) is 0 Å². The van der Waals surface area contributed by atoms with E-state index < -0.39 is 5.91 Å². The van der Waals surface area contributed by atoms with Crippen LogP contribution in [0.4, 0.5) is 0 Å². The first-order valence-corrected chi connectivity index (χ1v) is 9.34. The number of hydrazone groups is 1. The molecule has 2 N–H and O–H groups in total. The maximum absolute atomic E-state index is 12.5. The zero-order valence-corrected chi connectivity index (χ0v) is 16.3. The Balaban J connectivity index is 1.55. The van der Waals surface area contributed by atoms with Crippen LogP contribution in [0.2, 0.25) is 0 Å². The molecule has 0 atom stereocenters. The zero-order valence-electron chi connectivity index (χ0n) is 16.3. The van der Waals surface area contributed by atoms with Gasteiger partial charge in [-0.3, -0.25) is 4.79 Å². The summed E-state index contributed by atoms with van der Waals surface area (Å²) >= 11 is 0. The normalized spacial score (nSPS) is 11.2. The average Bonchev–Trinajstić information content (AvgIpc) is 3.01. The van der Waals surface area contributed by atoms with Gasteiger partial charge in [0.1, 0.15) is 5.75 Å². The number of phenols is 1. The highest BCUT2D eigenvalue weighted by Crippen LogP contribution is 2.25. The van der Waals surface area contributed by atoms with Gasteiger partial charge in [0.2, 0.25) is 0 Å². The second-order valence-corrected chi connectivity index (χ2v) is 6.91. The molecule has 0 radical (unpaired) electrons. The molecule has 0 spiro atoms. The van der Waals surface area contributed by atoms with Gasteiger partial charge in [-0.15, -0.1) is 0 Å². The fraction of sp³-hybridized carbons (Fsp3) is 0.0833. The third kappa shape index (κ3) is 3.62. The van der Waals surface area contributed by atoms with E-state index in [2.05, 4.69) is 15.1 Å². The molecule has 0 bridgehead atoms. The summed E-state index contributed by atoms with van der Waals surface area (Å²) < 4.78 is 2.14. The number of carbonyl (C=O) groups excluding carboxylic acids is 1. The number of amides is 1. The number of nitrogens with one attached hydrogen (secondary N) is 1. The molecule has 144 valence electrons. The molecule has 0 unspecified atom stereocenters. The monoisotopic (exact) mass is 383 g/mol. The highest BCUT2D eigenvalue weighted by Gasteiger charge is 2.12. The smallest absolute Gasteiger partial charge is 0.275 e. The number of para-hydroxylation sites is 1. The third-order valence-corrected chi connectivity index (χ3v) is 4.96. The van der Waals surface area contributed by atoms with Gasteiger partial charge in [0, 0.05) is 22.6 Å². The molecule has 0 saturated heterocycles. The molecule has 3 aromatic carbocycles. The predicted octanol–water partition coefficient (Wildman–Crippen LogP) is 4.72. The highest BCUT2D eigenvalue weighted by atomic mass is 16.3. The maximum atomic E-state index is 12.5. The van der Waals surface area contributed by atoms with Crippen LogP contribution in [-0.2, 0) is 0 Å². The van der Waals surface area contributed by atoms with Crippen LogP contribution in [0.15, 0.2) is 77.9 Å². The molecule has 1 amide bonds. The third-order valence-electron chi connectivity index (χ3n) is 4.96. The number of hydrogen-bond acceptors (Lipinski definition) is 3. The van der Waals surface area contributed by atoms with E-state index in [0.29, 0.717) is 0 Å². The summed E-state index contributed by atoms with van der Waals surface area (Å²) in [5.74, 6) is -0.528. The number of nitrogens with zero attached hydrogens (tertiary/aromatic N) is 2. The minimum Gasteiger partial charge on any atom is -0.507 e. The fourth-order valence-electron chi connectivity index (χ4n) is 3.52. The lowest BCUT2D eigenvalue weighted by Gasteiger charge is -2.09. The van der Waals surface area contributed by atoms with Crippen LogP contribution < -0.4 is 5.43 Å². The number of aromatic nitrogens is 1. The maximum Gasteiger partial charge on any atom is 0.275 e. The molecule has 0 aliphatic carbocycles. The fourth-order valence-corrected chi connectivity index (χ4v) is 3.52. The van der Waals surface area contributed by atoms with Gasteiger partial charge >= 0.3 is 0 Å². The Morgan fingerprint density at radius 3 is 2.34 bits per heavy atom. The van der Waals surface area contributed by atoms with Crippen LogP contribution >= 0.6 is 0 Å². The largest absolute Gasteiger partial charge is 0.507 e. The molecule has 5 heteroatoms. The number of phenolic OH excluding ortho intramolecular Hbond substituents is 1. The molecule has 1 aromatic heterocycles. The summed E-state index contributed by atoms with van der Waals surface area (Å²) in [7, 11) is 0. The number of hydrogen-bond donors (Lipinski definition) is 2. The molecule has 0 fully saturated rings. The van der Waals surface area contributed by atoms with Crippen molar-refractivity contribution in [2.45, 2.75) is 13.8 Å². The van der Waals surface area contributed by atoms with Crippen molar-refractivity contribution in [3.8, 4) is 11.4 Å². The first-order chi connectivity index (χ1) is 14.0. The van der Waals surface area contributed by atoms with Crippen LogP contribution in [0, 0.1) is 13.8 Å². The van der Waals surface area contributed by atoms with Crippen LogP contribution in [0.3, 0.4) is 0 Å². The summed E-state index contributed by atoms with van der Waals surface area (Å²) in [6, 6.07) is 22.9. The van der Waals surface area contributed by atoms with Gasteiger partial charge in [-0.2, -0.15) is 5.10 Å². The Bertz CT molecular complexity index is 1220. The first kappa shape index (κ1) is 18.5. The number of aryl methyl sites for hydroxylation is 1. The van der Waals surface area contributed by atoms with Gasteiger partial charge in [0.05, 0.1) is 11.8 Å². The van der Waals surface area contributed by atoms with Crippen molar-refractivity contribution in [2.24, 2.45) is 5.10 Å². The van der Waals surface area contributed by atoms with Crippen molar-refractivity contribution < 1.29 is 9.90 Å². The van der Waals surface area contributed by atoms with Crippen LogP contribution in [0.5, 0.6) is 5.75 Å². The van der Waals surface area contributed by atoms with Crippen molar-refractivity contribution >= 4 is 22.9 Å². The molecule has 1 heterocycles. The molecule has 0 saturated carbocycles. The lowest BCUT2D eigenvalue weighted by Crippen LogP contribution is -2.17. The standard InChI is InChI=1S/C24H21N3O2/c1-16-12-20(17(2)27(16)21-10-4-3-5-11-21)15-25-26-24(29)22-13-18-8-6-7-9-19(18)14-23(22)28/h3-15,28H,1-2H3,(H,26,29)/b25-15+. The van der Waals surface area contributed by atoms with Crippen LogP contribution in [0.25, 0.3) is 16.5 Å². The highest BCUT2D eigenvalue weighted by molar-refractivity contribution is 6.01. The molecular formula is C24H21N3O2. The number of benzene rings is 3. The van der Waals surface area contributed by atoms with Crippen molar-refractivity contribution in [3.63, 3.8) is 0 Å². The molecule has 0 aliphatic heterocycles. The lowest BCUT2D eigenvalue weighted by molar-refractivity contribution is 0.0952. The minimum atomic E-state index is -0.457. The molecule has 0 aliphatic rings. The van der Waals surface area contributed by atoms with E-state index in [-0.39, 0.29) is 11.3 Å². The van der Waals surface area contributed by atoms with Gasteiger partial charge in [0.25, 0.3) is 5.91 Å². The Hall–Kier alpha value is -3.86. The summed E-state index contributed by atoms with van der Waals surface area (Å²) in [6.07, 6.45) is 1.62.